The molecule has 1 N–H and O–H groups in total. The van der Waals surface area contributed by atoms with Gasteiger partial charge < -0.3 is 10.1 Å². The van der Waals surface area contributed by atoms with Gasteiger partial charge in [-0.15, -0.1) is 0 Å². The SMILES string of the molecule is CC(C)NC(=O)Cc1ccc(Oc2ccccc2)cc1. The molecule has 1 amide bonds. The first-order chi connectivity index (χ1) is 9.63. The summed E-state index contributed by atoms with van der Waals surface area (Å²) in [6, 6.07) is 17.4. The highest BCUT2D eigenvalue weighted by Crippen LogP contribution is 2.21. The molecule has 0 aliphatic heterocycles. The average Bonchev–Trinajstić information content (AvgIpc) is 2.41. The van der Waals surface area contributed by atoms with E-state index in [2.05, 4.69) is 5.32 Å². The van der Waals surface area contributed by atoms with Crippen molar-refractivity contribution in [1.29, 1.82) is 0 Å². The highest BCUT2D eigenvalue weighted by molar-refractivity contribution is 5.78. The van der Waals surface area contributed by atoms with E-state index < -0.39 is 0 Å². The van der Waals surface area contributed by atoms with Crippen molar-refractivity contribution < 1.29 is 9.53 Å². The number of hydrogen-bond donors (Lipinski definition) is 1. The van der Waals surface area contributed by atoms with Crippen molar-refractivity contribution in [3.05, 3.63) is 60.2 Å². The summed E-state index contributed by atoms with van der Waals surface area (Å²) < 4.78 is 5.70. The molecule has 104 valence electrons. The van der Waals surface area contributed by atoms with Crippen LogP contribution in [0.3, 0.4) is 0 Å². The van der Waals surface area contributed by atoms with Gasteiger partial charge in [0.1, 0.15) is 11.5 Å². The van der Waals surface area contributed by atoms with Gasteiger partial charge in [0.25, 0.3) is 0 Å². The molecule has 3 nitrogen and oxygen atoms in total. The first-order valence-electron chi connectivity index (χ1n) is 6.74. The number of amides is 1. The Kier molecular flexibility index (Phi) is 4.77. The summed E-state index contributed by atoms with van der Waals surface area (Å²) in [7, 11) is 0. The number of hydrogen-bond acceptors (Lipinski definition) is 2. The number of ether oxygens (including phenoxy) is 1. The third-order valence-electron chi connectivity index (χ3n) is 2.72. The predicted octanol–water partition coefficient (Wildman–Crippen LogP) is 3.55. The van der Waals surface area contributed by atoms with Crippen LogP contribution in [-0.2, 0) is 11.2 Å². The number of rotatable bonds is 5. The van der Waals surface area contributed by atoms with Crippen molar-refractivity contribution >= 4 is 5.91 Å². The number of nitrogens with one attached hydrogen (secondary N) is 1. The number of carbonyl (C=O) groups is 1. The van der Waals surface area contributed by atoms with Crippen molar-refractivity contribution in [2.75, 3.05) is 0 Å². The summed E-state index contributed by atoms with van der Waals surface area (Å²) in [4.78, 5) is 11.7. The smallest absolute Gasteiger partial charge is 0.224 e. The highest BCUT2D eigenvalue weighted by Gasteiger charge is 2.05. The fourth-order valence-corrected chi connectivity index (χ4v) is 1.86. The maximum Gasteiger partial charge on any atom is 0.224 e. The third-order valence-corrected chi connectivity index (χ3v) is 2.72. The van der Waals surface area contributed by atoms with E-state index in [0.717, 1.165) is 17.1 Å². The second-order valence-electron chi connectivity index (χ2n) is 4.96. The summed E-state index contributed by atoms with van der Waals surface area (Å²) in [5, 5.41) is 2.88. The predicted molar refractivity (Wildman–Crippen MR) is 79.9 cm³/mol. The molecule has 0 aliphatic rings. The Morgan fingerprint density at radius 3 is 2.20 bits per heavy atom. The van der Waals surface area contributed by atoms with Crippen LogP contribution >= 0.6 is 0 Å². The molecule has 20 heavy (non-hydrogen) atoms. The van der Waals surface area contributed by atoms with Gasteiger partial charge in [0, 0.05) is 6.04 Å². The van der Waals surface area contributed by atoms with Gasteiger partial charge in [0.05, 0.1) is 6.42 Å². The molecule has 2 rings (SSSR count). The molecule has 2 aromatic carbocycles. The van der Waals surface area contributed by atoms with Crippen LogP contribution in [0.2, 0.25) is 0 Å². The van der Waals surface area contributed by atoms with Gasteiger partial charge >= 0.3 is 0 Å². The summed E-state index contributed by atoms with van der Waals surface area (Å²) in [6.45, 7) is 3.91. The maximum atomic E-state index is 11.7. The summed E-state index contributed by atoms with van der Waals surface area (Å²) in [5.41, 5.74) is 0.976. The van der Waals surface area contributed by atoms with Crippen LogP contribution in [0.1, 0.15) is 19.4 Å². The molecule has 0 fully saturated rings. The molecule has 0 radical (unpaired) electrons. The Hall–Kier alpha value is -2.29. The van der Waals surface area contributed by atoms with E-state index in [0.29, 0.717) is 6.42 Å². The van der Waals surface area contributed by atoms with Crippen LogP contribution in [0.4, 0.5) is 0 Å². The van der Waals surface area contributed by atoms with E-state index >= 15 is 0 Å². The molecule has 0 saturated carbocycles. The standard InChI is InChI=1S/C17H19NO2/c1-13(2)18-17(19)12-14-8-10-16(11-9-14)20-15-6-4-3-5-7-15/h3-11,13H,12H2,1-2H3,(H,18,19). The zero-order valence-corrected chi connectivity index (χ0v) is 11.8. The molecule has 0 unspecified atom stereocenters. The van der Waals surface area contributed by atoms with Crippen molar-refractivity contribution in [3.8, 4) is 11.5 Å². The second-order valence-corrected chi connectivity index (χ2v) is 4.96. The van der Waals surface area contributed by atoms with Crippen LogP contribution in [0.5, 0.6) is 11.5 Å². The lowest BCUT2D eigenvalue weighted by molar-refractivity contribution is -0.120. The van der Waals surface area contributed by atoms with Crippen molar-refractivity contribution in [1.82, 2.24) is 5.32 Å². The van der Waals surface area contributed by atoms with Crippen molar-refractivity contribution in [2.24, 2.45) is 0 Å². The first kappa shape index (κ1) is 14.1. The van der Waals surface area contributed by atoms with Crippen LogP contribution in [0.15, 0.2) is 54.6 Å². The summed E-state index contributed by atoms with van der Waals surface area (Å²) >= 11 is 0. The Morgan fingerprint density at radius 2 is 1.60 bits per heavy atom. The van der Waals surface area contributed by atoms with Gasteiger partial charge in [-0.1, -0.05) is 30.3 Å². The molecular formula is C17H19NO2. The minimum Gasteiger partial charge on any atom is -0.457 e. The normalized spacial score (nSPS) is 10.3. The molecule has 0 bridgehead atoms. The Balaban J connectivity index is 1.94. The molecular weight excluding hydrogens is 250 g/mol. The molecule has 2 aromatic rings. The lowest BCUT2D eigenvalue weighted by Gasteiger charge is -2.09. The molecule has 0 spiro atoms. The number of benzene rings is 2. The van der Waals surface area contributed by atoms with Gasteiger partial charge in [-0.05, 0) is 43.7 Å². The van der Waals surface area contributed by atoms with Crippen molar-refractivity contribution in [2.45, 2.75) is 26.3 Å². The molecule has 0 saturated heterocycles. The maximum absolute atomic E-state index is 11.7. The van der Waals surface area contributed by atoms with Gasteiger partial charge in [-0.25, -0.2) is 0 Å². The van der Waals surface area contributed by atoms with E-state index in [1.807, 2.05) is 68.4 Å². The minimum atomic E-state index is 0.0386. The van der Waals surface area contributed by atoms with Crippen LogP contribution in [-0.4, -0.2) is 11.9 Å². The lowest BCUT2D eigenvalue weighted by atomic mass is 10.1. The van der Waals surface area contributed by atoms with Crippen molar-refractivity contribution in [3.63, 3.8) is 0 Å². The Labute approximate surface area is 119 Å². The van der Waals surface area contributed by atoms with E-state index in [1.165, 1.54) is 0 Å². The molecule has 0 heterocycles. The fourth-order valence-electron chi connectivity index (χ4n) is 1.86. The second kappa shape index (κ2) is 6.75. The lowest BCUT2D eigenvalue weighted by Crippen LogP contribution is -2.31. The minimum absolute atomic E-state index is 0.0386. The van der Waals surface area contributed by atoms with Gasteiger partial charge in [0.15, 0.2) is 0 Å². The summed E-state index contributed by atoms with van der Waals surface area (Å²) in [5.74, 6) is 1.61. The van der Waals surface area contributed by atoms with Crippen LogP contribution in [0, 0.1) is 0 Å². The van der Waals surface area contributed by atoms with Crippen LogP contribution in [0.25, 0.3) is 0 Å². The van der Waals surface area contributed by atoms with E-state index in [-0.39, 0.29) is 11.9 Å². The quantitative estimate of drug-likeness (QED) is 0.901. The van der Waals surface area contributed by atoms with Crippen LogP contribution < -0.4 is 10.1 Å². The Morgan fingerprint density at radius 1 is 1.00 bits per heavy atom. The highest BCUT2D eigenvalue weighted by atomic mass is 16.5. The number of carbonyl (C=O) groups excluding carboxylic acids is 1. The summed E-state index contributed by atoms with van der Waals surface area (Å²) in [6.07, 6.45) is 0.393. The molecule has 3 heteroatoms. The van der Waals surface area contributed by atoms with Gasteiger partial charge in [0.2, 0.25) is 5.91 Å². The zero-order valence-electron chi connectivity index (χ0n) is 11.8. The van der Waals surface area contributed by atoms with Gasteiger partial charge in [-0.2, -0.15) is 0 Å². The third kappa shape index (κ3) is 4.43. The van der Waals surface area contributed by atoms with E-state index in [1.54, 1.807) is 0 Å². The fraction of sp³-hybridized carbons (Fsp3) is 0.235. The molecule has 0 aromatic heterocycles. The monoisotopic (exact) mass is 269 g/mol. The van der Waals surface area contributed by atoms with E-state index in [4.69, 9.17) is 4.74 Å². The Bertz CT molecular complexity index is 547. The molecule has 0 aliphatic carbocycles. The largest absolute Gasteiger partial charge is 0.457 e. The first-order valence-corrected chi connectivity index (χ1v) is 6.74. The van der Waals surface area contributed by atoms with Gasteiger partial charge in [-0.3, -0.25) is 4.79 Å². The van der Waals surface area contributed by atoms with E-state index in [9.17, 15) is 4.79 Å². The molecule has 0 atom stereocenters. The average molecular weight is 269 g/mol. The zero-order chi connectivity index (χ0) is 14.4. The topological polar surface area (TPSA) is 38.3 Å². The number of para-hydroxylation sites is 1.